The van der Waals surface area contributed by atoms with Gasteiger partial charge in [0.05, 0.1) is 18.8 Å². The van der Waals surface area contributed by atoms with Crippen molar-refractivity contribution in [1.82, 2.24) is 0 Å². The van der Waals surface area contributed by atoms with Gasteiger partial charge in [-0.1, -0.05) is 13.2 Å². The Morgan fingerprint density at radius 3 is 1.67 bits per heavy atom. The number of esters is 3. The van der Waals surface area contributed by atoms with Crippen LogP contribution in [0.1, 0.15) is 43.5 Å². The molecular formula is C28H32O8. The third-order valence-corrected chi connectivity index (χ3v) is 4.70. The molecule has 0 bridgehead atoms. The van der Waals surface area contributed by atoms with E-state index < -0.39 is 11.9 Å². The van der Waals surface area contributed by atoms with Crippen LogP contribution in [0.4, 0.5) is 0 Å². The first-order valence-electron chi connectivity index (χ1n) is 11.6. The zero-order chi connectivity index (χ0) is 26.3. The second-order valence-electron chi connectivity index (χ2n) is 7.98. The molecule has 0 saturated heterocycles. The van der Waals surface area contributed by atoms with Gasteiger partial charge in [-0.3, -0.25) is 0 Å². The van der Waals surface area contributed by atoms with Gasteiger partial charge >= 0.3 is 17.9 Å². The average molecular weight is 497 g/mol. The minimum Gasteiger partial charge on any atom is -0.494 e. The van der Waals surface area contributed by atoms with Crippen LogP contribution in [0.3, 0.4) is 0 Å². The summed E-state index contributed by atoms with van der Waals surface area (Å²) in [5, 5.41) is 0. The van der Waals surface area contributed by atoms with Crippen LogP contribution in [0.5, 0.6) is 17.2 Å². The number of hydrogen-bond acceptors (Lipinski definition) is 8. The molecule has 8 nitrogen and oxygen atoms in total. The molecule has 36 heavy (non-hydrogen) atoms. The Morgan fingerprint density at radius 1 is 0.611 bits per heavy atom. The summed E-state index contributed by atoms with van der Waals surface area (Å²) in [4.78, 5) is 35.0. The number of rotatable bonds is 15. The van der Waals surface area contributed by atoms with E-state index in [2.05, 4.69) is 13.2 Å². The fourth-order valence-electron chi connectivity index (χ4n) is 2.73. The van der Waals surface area contributed by atoms with Crippen LogP contribution < -0.4 is 14.2 Å². The van der Waals surface area contributed by atoms with E-state index in [0.717, 1.165) is 19.3 Å². The highest BCUT2D eigenvalue weighted by Crippen LogP contribution is 2.20. The summed E-state index contributed by atoms with van der Waals surface area (Å²) in [7, 11) is 0. The number of carbonyl (C=O) groups excluding carboxylic acids is 3. The van der Waals surface area contributed by atoms with Gasteiger partial charge in [0.2, 0.25) is 0 Å². The van der Waals surface area contributed by atoms with Crippen molar-refractivity contribution in [2.24, 2.45) is 0 Å². The third kappa shape index (κ3) is 10.5. The van der Waals surface area contributed by atoms with E-state index in [9.17, 15) is 14.4 Å². The molecule has 0 aromatic heterocycles. The first-order chi connectivity index (χ1) is 17.3. The van der Waals surface area contributed by atoms with Crippen LogP contribution in [0.2, 0.25) is 0 Å². The Labute approximate surface area is 211 Å². The Balaban J connectivity index is 1.67. The summed E-state index contributed by atoms with van der Waals surface area (Å²) >= 11 is 0. The van der Waals surface area contributed by atoms with Crippen molar-refractivity contribution >= 4 is 17.9 Å². The van der Waals surface area contributed by atoms with Crippen molar-refractivity contribution in [3.05, 3.63) is 78.4 Å². The zero-order valence-electron chi connectivity index (χ0n) is 20.7. The Bertz CT molecular complexity index is 1040. The van der Waals surface area contributed by atoms with E-state index in [-0.39, 0.29) is 19.2 Å². The lowest BCUT2D eigenvalue weighted by atomic mass is 10.2. The first kappa shape index (κ1) is 28.2. The van der Waals surface area contributed by atoms with E-state index in [1.807, 2.05) is 0 Å². The Hall–Kier alpha value is -4.07. The molecule has 0 spiro atoms. The molecule has 0 aliphatic rings. The third-order valence-electron chi connectivity index (χ3n) is 4.70. The Kier molecular flexibility index (Phi) is 11.8. The minimum absolute atomic E-state index is 0.106. The van der Waals surface area contributed by atoms with Crippen molar-refractivity contribution in [2.75, 3.05) is 26.4 Å². The van der Waals surface area contributed by atoms with Crippen molar-refractivity contribution in [3.8, 4) is 17.2 Å². The van der Waals surface area contributed by atoms with E-state index >= 15 is 0 Å². The number of benzene rings is 2. The van der Waals surface area contributed by atoms with E-state index in [0.29, 0.717) is 47.2 Å². The van der Waals surface area contributed by atoms with Crippen molar-refractivity contribution in [1.29, 1.82) is 0 Å². The van der Waals surface area contributed by atoms with Gasteiger partial charge in [0.25, 0.3) is 0 Å². The predicted molar refractivity (Wildman–Crippen MR) is 134 cm³/mol. The van der Waals surface area contributed by atoms with Crippen molar-refractivity contribution < 1.29 is 38.1 Å². The molecule has 2 rings (SSSR count). The predicted octanol–water partition coefficient (Wildman–Crippen LogP) is 5.07. The molecule has 192 valence electrons. The van der Waals surface area contributed by atoms with Gasteiger partial charge in [0, 0.05) is 11.1 Å². The fourth-order valence-corrected chi connectivity index (χ4v) is 2.73. The summed E-state index contributed by atoms with van der Waals surface area (Å²) < 4.78 is 26.6. The largest absolute Gasteiger partial charge is 0.494 e. The van der Waals surface area contributed by atoms with Gasteiger partial charge < -0.3 is 23.7 Å². The van der Waals surface area contributed by atoms with E-state index in [1.54, 1.807) is 62.4 Å². The van der Waals surface area contributed by atoms with Crippen LogP contribution >= 0.6 is 0 Å². The topological polar surface area (TPSA) is 97.4 Å². The molecule has 0 saturated carbocycles. The minimum atomic E-state index is -0.494. The van der Waals surface area contributed by atoms with Crippen LogP contribution in [0.15, 0.2) is 72.8 Å². The normalized spacial score (nSPS) is 10.2. The van der Waals surface area contributed by atoms with E-state index in [4.69, 9.17) is 23.7 Å². The molecule has 0 amide bonds. The number of carbonyl (C=O) groups is 3. The van der Waals surface area contributed by atoms with Gasteiger partial charge in [0.15, 0.2) is 0 Å². The molecule has 0 unspecified atom stereocenters. The highest BCUT2D eigenvalue weighted by molar-refractivity contribution is 5.91. The number of unbranched alkanes of at least 4 members (excludes halogenated alkanes) is 2. The molecule has 0 atom stereocenters. The van der Waals surface area contributed by atoms with Crippen LogP contribution in [-0.4, -0.2) is 44.3 Å². The van der Waals surface area contributed by atoms with E-state index in [1.165, 1.54) is 0 Å². The van der Waals surface area contributed by atoms with Gasteiger partial charge in [-0.25, -0.2) is 14.4 Å². The average Bonchev–Trinajstić information content (AvgIpc) is 2.86. The molecule has 2 aromatic carbocycles. The van der Waals surface area contributed by atoms with Crippen LogP contribution in [0, 0.1) is 0 Å². The molecule has 0 fully saturated rings. The molecule has 0 aliphatic carbocycles. The van der Waals surface area contributed by atoms with Gasteiger partial charge in [0.1, 0.15) is 30.5 Å². The smallest absolute Gasteiger partial charge is 0.343 e. The lowest BCUT2D eigenvalue weighted by molar-refractivity contribution is -0.140. The standard InChI is InChI=1S/C28H32O8/c1-20(2)26(29)34-17-7-5-6-16-32-23-10-8-22(9-11-23)28(31)36-25-14-12-24(13-15-25)33-18-19-35-27(30)21(3)4/h8-15H,1,3,5-7,16-19H2,2,4H3. The highest BCUT2D eigenvalue weighted by atomic mass is 16.6. The van der Waals surface area contributed by atoms with Crippen molar-refractivity contribution in [3.63, 3.8) is 0 Å². The number of ether oxygens (including phenoxy) is 5. The molecule has 0 N–H and O–H groups in total. The second kappa shape index (κ2) is 15.0. The molecule has 0 heterocycles. The maximum atomic E-state index is 12.4. The lowest BCUT2D eigenvalue weighted by Gasteiger charge is -2.09. The second-order valence-corrected chi connectivity index (χ2v) is 7.98. The monoisotopic (exact) mass is 496 g/mol. The van der Waals surface area contributed by atoms with Crippen molar-refractivity contribution in [2.45, 2.75) is 33.1 Å². The van der Waals surface area contributed by atoms with Gasteiger partial charge in [-0.2, -0.15) is 0 Å². The molecule has 2 aromatic rings. The van der Waals surface area contributed by atoms with Crippen LogP contribution in [-0.2, 0) is 19.1 Å². The summed E-state index contributed by atoms with van der Waals surface area (Å²) in [6, 6.07) is 13.2. The molecule has 0 aliphatic heterocycles. The zero-order valence-corrected chi connectivity index (χ0v) is 20.7. The first-order valence-corrected chi connectivity index (χ1v) is 11.6. The highest BCUT2D eigenvalue weighted by Gasteiger charge is 2.10. The Morgan fingerprint density at radius 2 is 1.08 bits per heavy atom. The summed E-state index contributed by atoms with van der Waals surface area (Å²) in [5.41, 5.74) is 1.11. The quantitative estimate of drug-likeness (QED) is 0.146. The SMILES string of the molecule is C=C(C)C(=O)OCCCCCOc1ccc(C(=O)Oc2ccc(OCCOC(=O)C(=C)C)cc2)cc1. The van der Waals surface area contributed by atoms with Crippen LogP contribution in [0.25, 0.3) is 0 Å². The summed E-state index contributed by atoms with van der Waals surface area (Å²) in [6.07, 6.45) is 2.43. The van der Waals surface area contributed by atoms with Gasteiger partial charge in [-0.05, 0) is 81.6 Å². The number of hydrogen-bond donors (Lipinski definition) is 0. The lowest BCUT2D eigenvalue weighted by Crippen LogP contribution is -2.12. The summed E-state index contributed by atoms with van der Waals surface area (Å²) in [5.74, 6) is 0.246. The maximum absolute atomic E-state index is 12.4. The summed E-state index contributed by atoms with van der Waals surface area (Å²) in [6.45, 7) is 11.4. The fraction of sp³-hybridized carbons (Fsp3) is 0.321. The molecule has 8 heteroatoms. The molecular weight excluding hydrogens is 464 g/mol. The van der Waals surface area contributed by atoms with Gasteiger partial charge in [-0.15, -0.1) is 0 Å². The maximum Gasteiger partial charge on any atom is 0.343 e. The molecule has 0 radical (unpaired) electrons.